The Bertz CT molecular complexity index is 1080. The van der Waals surface area contributed by atoms with Crippen LogP contribution in [0.3, 0.4) is 0 Å². The van der Waals surface area contributed by atoms with Crippen LogP contribution in [0.2, 0.25) is 0 Å². The van der Waals surface area contributed by atoms with Crippen molar-refractivity contribution in [1.82, 2.24) is 15.3 Å². The molecular formula is C21H20FN5O2. The molecule has 3 rings (SSSR count). The lowest BCUT2D eigenvalue weighted by Crippen LogP contribution is -2.23. The van der Waals surface area contributed by atoms with Gasteiger partial charge in [-0.3, -0.25) is 9.59 Å². The van der Waals surface area contributed by atoms with Crippen LogP contribution in [0.1, 0.15) is 43.2 Å². The van der Waals surface area contributed by atoms with Crippen molar-refractivity contribution in [3.05, 3.63) is 88.1 Å². The second kappa shape index (κ2) is 8.47. The highest BCUT2D eigenvalue weighted by Crippen LogP contribution is 2.13. The van der Waals surface area contributed by atoms with Gasteiger partial charge in [0.05, 0.1) is 11.9 Å². The third kappa shape index (κ3) is 4.92. The number of anilines is 1. The third-order valence-electron chi connectivity index (χ3n) is 4.33. The van der Waals surface area contributed by atoms with Gasteiger partial charge in [0, 0.05) is 18.5 Å². The van der Waals surface area contributed by atoms with Crippen molar-refractivity contribution < 1.29 is 14.0 Å². The molecule has 1 heterocycles. The summed E-state index contributed by atoms with van der Waals surface area (Å²) < 4.78 is 13.3. The summed E-state index contributed by atoms with van der Waals surface area (Å²) in [5, 5.41) is 2.82. The first-order chi connectivity index (χ1) is 13.8. The second-order valence-corrected chi connectivity index (χ2v) is 6.60. The van der Waals surface area contributed by atoms with Crippen LogP contribution in [0.15, 0.2) is 48.7 Å². The molecule has 0 aliphatic heterocycles. The Balaban J connectivity index is 1.70. The van der Waals surface area contributed by atoms with E-state index in [-0.39, 0.29) is 29.8 Å². The number of aryl methyl sites for hydroxylation is 1. The SMILES string of the molecule is Cc1cc(CNC(=O)c2cccc(Cc3cnc(N)c(C(N)=O)n3)c2)ccc1F. The van der Waals surface area contributed by atoms with Crippen molar-refractivity contribution in [2.45, 2.75) is 19.9 Å². The zero-order valence-electron chi connectivity index (χ0n) is 15.8. The maximum Gasteiger partial charge on any atom is 0.271 e. The van der Waals surface area contributed by atoms with Crippen LogP contribution in [-0.2, 0) is 13.0 Å². The number of halogens is 1. The van der Waals surface area contributed by atoms with E-state index in [1.54, 1.807) is 37.3 Å². The van der Waals surface area contributed by atoms with Crippen molar-refractivity contribution in [2.24, 2.45) is 5.73 Å². The Labute approximate surface area is 167 Å². The van der Waals surface area contributed by atoms with Crippen molar-refractivity contribution in [1.29, 1.82) is 0 Å². The molecule has 0 radical (unpaired) electrons. The highest BCUT2D eigenvalue weighted by Gasteiger charge is 2.12. The van der Waals surface area contributed by atoms with Crippen molar-refractivity contribution in [3.63, 3.8) is 0 Å². The van der Waals surface area contributed by atoms with Gasteiger partial charge in [0.1, 0.15) is 5.82 Å². The molecule has 2 amide bonds. The summed E-state index contributed by atoms with van der Waals surface area (Å²) in [6.45, 7) is 1.96. The minimum Gasteiger partial charge on any atom is -0.382 e. The topological polar surface area (TPSA) is 124 Å². The Morgan fingerprint density at radius 2 is 1.93 bits per heavy atom. The van der Waals surface area contributed by atoms with Crippen molar-refractivity contribution in [3.8, 4) is 0 Å². The molecule has 1 aromatic heterocycles. The fraction of sp³-hybridized carbons (Fsp3) is 0.143. The van der Waals surface area contributed by atoms with Gasteiger partial charge < -0.3 is 16.8 Å². The third-order valence-corrected chi connectivity index (χ3v) is 4.33. The van der Waals surface area contributed by atoms with Crippen LogP contribution < -0.4 is 16.8 Å². The van der Waals surface area contributed by atoms with Gasteiger partial charge in [-0.1, -0.05) is 24.3 Å². The molecule has 0 aliphatic carbocycles. The highest BCUT2D eigenvalue weighted by atomic mass is 19.1. The molecule has 0 spiro atoms. The number of carbonyl (C=O) groups excluding carboxylic acids is 2. The number of nitrogen functional groups attached to an aromatic ring is 1. The predicted octanol–water partition coefficient (Wildman–Crippen LogP) is 2.13. The first kappa shape index (κ1) is 19.9. The number of rotatable bonds is 6. The summed E-state index contributed by atoms with van der Waals surface area (Å²) in [5.74, 6) is -1.31. The molecule has 0 unspecified atom stereocenters. The molecule has 8 heteroatoms. The van der Waals surface area contributed by atoms with E-state index in [1.807, 2.05) is 6.07 Å². The maximum absolute atomic E-state index is 13.3. The fourth-order valence-electron chi connectivity index (χ4n) is 2.83. The maximum atomic E-state index is 13.3. The molecule has 3 aromatic rings. The van der Waals surface area contributed by atoms with Gasteiger partial charge in [-0.15, -0.1) is 0 Å². The Morgan fingerprint density at radius 1 is 1.14 bits per heavy atom. The standard InChI is InChI=1S/C21H20FN5O2/c1-12-7-14(5-6-17(12)22)10-26-21(29)15-4-2-3-13(8-15)9-16-11-25-19(23)18(27-16)20(24)28/h2-8,11H,9-10H2,1H3,(H2,23,25)(H2,24,28)(H,26,29). The van der Waals surface area contributed by atoms with Crippen LogP contribution in [0.25, 0.3) is 0 Å². The molecule has 29 heavy (non-hydrogen) atoms. The van der Waals surface area contributed by atoms with Gasteiger partial charge in [-0.05, 0) is 41.8 Å². The smallest absolute Gasteiger partial charge is 0.271 e. The number of hydrogen-bond acceptors (Lipinski definition) is 5. The number of primary amides is 1. The largest absolute Gasteiger partial charge is 0.382 e. The van der Waals surface area contributed by atoms with Crippen LogP contribution in [0.5, 0.6) is 0 Å². The minimum absolute atomic E-state index is 0.0228. The Kier molecular flexibility index (Phi) is 5.82. The van der Waals surface area contributed by atoms with Crippen LogP contribution in [-0.4, -0.2) is 21.8 Å². The number of hydrogen-bond donors (Lipinski definition) is 3. The summed E-state index contributed by atoms with van der Waals surface area (Å²) >= 11 is 0. The number of nitrogens with zero attached hydrogens (tertiary/aromatic N) is 2. The average molecular weight is 393 g/mol. The van der Waals surface area contributed by atoms with Crippen LogP contribution >= 0.6 is 0 Å². The average Bonchev–Trinajstić information content (AvgIpc) is 2.70. The molecule has 0 fully saturated rings. The number of nitrogens with one attached hydrogen (secondary N) is 1. The lowest BCUT2D eigenvalue weighted by Gasteiger charge is -2.09. The van der Waals surface area contributed by atoms with E-state index >= 15 is 0 Å². The van der Waals surface area contributed by atoms with E-state index in [2.05, 4.69) is 15.3 Å². The second-order valence-electron chi connectivity index (χ2n) is 6.60. The quantitative estimate of drug-likeness (QED) is 0.592. The predicted molar refractivity (Wildman–Crippen MR) is 107 cm³/mol. The number of aromatic nitrogens is 2. The van der Waals surface area contributed by atoms with Gasteiger partial charge in [0.15, 0.2) is 11.5 Å². The summed E-state index contributed by atoms with van der Waals surface area (Å²) in [5.41, 5.74) is 13.9. The minimum atomic E-state index is -0.749. The normalized spacial score (nSPS) is 10.6. The van der Waals surface area contributed by atoms with Crippen molar-refractivity contribution in [2.75, 3.05) is 5.73 Å². The highest BCUT2D eigenvalue weighted by molar-refractivity contribution is 5.95. The van der Waals surface area contributed by atoms with E-state index in [1.165, 1.54) is 12.3 Å². The van der Waals surface area contributed by atoms with E-state index in [0.717, 1.165) is 11.1 Å². The first-order valence-corrected chi connectivity index (χ1v) is 8.87. The lowest BCUT2D eigenvalue weighted by molar-refractivity contribution is 0.0949. The summed E-state index contributed by atoms with van der Waals surface area (Å²) in [4.78, 5) is 31.9. The van der Waals surface area contributed by atoms with Crippen LogP contribution in [0.4, 0.5) is 10.2 Å². The molecule has 0 atom stereocenters. The molecule has 2 aromatic carbocycles. The monoisotopic (exact) mass is 393 g/mol. The van der Waals surface area contributed by atoms with Gasteiger partial charge in [-0.2, -0.15) is 0 Å². The number of nitrogens with two attached hydrogens (primary N) is 2. The van der Waals surface area contributed by atoms with Gasteiger partial charge >= 0.3 is 0 Å². The first-order valence-electron chi connectivity index (χ1n) is 8.87. The number of carbonyl (C=O) groups is 2. The number of amides is 2. The van der Waals surface area contributed by atoms with Crippen LogP contribution in [0, 0.1) is 12.7 Å². The van der Waals surface area contributed by atoms with Crippen molar-refractivity contribution >= 4 is 17.6 Å². The Hall–Kier alpha value is -3.81. The fourth-order valence-corrected chi connectivity index (χ4v) is 2.83. The number of benzene rings is 2. The van der Waals surface area contributed by atoms with Gasteiger partial charge in [0.25, 0.3) is 11.8 Å². The van der Waals surface area contributed by atoms with E-state index < -0.39 is 5.91 Å². The lowest BCUT2D eigenvalue weighted by atomic mass is 10.1. The molecule has 7 nitrogen and oxygen atoms in total. The Morgan fingerprint density at radius 3 is 2.66 bits per heavy atom. The van der Waals surface area contributed by atoms with E-state index in [0.29, 0.717) is 23.2 Å². The molecule has 148 valence electrons. The summed E-state index contributed by atoms with van der Waals surface area (Å²) in [6.07, 6.45) is 1.82. The molecule has 5 N–H and O–H groups in total. The summed E-state index contributed by atoms with van der Waals surface area (Å²) in [7, 11) is 0. The molecular weight excluding hydrogens is 373 g/mol. The molecule has 0 saturated carbocycles. The van der Waals surface area contributed by atoms with Gasteiger partial charge in [0.2, 0.25) is 0 Å². The van der Waals surface area contributed by atoms with Gasteiger partial charge in [-0.25, -0.2) is 14.4 Å². The zero-order valence-corrected chi connectivity index (χ0v) is 15.8. The van der Waals surface area contributed by atoms with E-state index in [9.17, 15) is 14.0 Å². The molecule has 0 saturated heterocycles. The molecule has 0 bridgehead atoms. The zero-order chi connectivity index (χ0) is 21.0. The summed E-state index contributed by atoms with van der Waals surface area (Å²) in [6, 6.07) is 11.7. The van der Waals surface area contributed by atoms with E-state index in [4.69, 9.17) is 11.5 Å². The molecule has 0 aliphatic rings.